The Morgan fingerprint density at radius 2 is 2.12 bits per heavy atom. The van der Waals surface area contributed by atoms with Gasteiger partial charge in [0.2, 0.25) is 0 Å². The van der Waals surface area contributed by atoms with Crippen molar-refractivity contribution in [2.24, 2.45) is 5.18 Å². The number of nitrogens with zero attached hydrogens (tertiary/aromatic N) is 1. The standard InChI is InChI=1S/C12H15NO3S/c1-16-10-6-2-3-7-11(10)17-9-5-4-8-12(14)13-15/h2-3,6-7H,4-5,8-9H2,1H3. The molecule has 1 aromatic carbocycles. The highest BCUT2D eigenvalue weighted by molar-refractivity contribution is 7.99. The summed E-state index contributed by atoms with van der Waals surface area (Å²) in [7, 11) is 1.65. The van der Waals surface area contributed by atoms with E-state index in [0.717, 1.165) is 22.8 Å². The molecule has 0 fully saturated rings. The summed E-state index contributed by atoms with van der Waals surface area (Å²) in [6.07, 6.45) is 1.83. The molecule has 0 saturated heterocycles. The number of carbonyl (C=O) groups excluding carboxylic acids is 1. The zero-order valence-corrected chi connectivity index (χ0v) is 10.5. The van der Waals surface area contributed by atoms with Gasteiger partial charge in [-0.25, -0.2) is 0 Å². The molecule has 0 bridgehead atoms. The first-order valence-corrected chi connectivity index (χ1v) is 6.38. The Morgan fingerprint density at radius 3 is 2.82 bits per heavy atom. The van der Waals surface area contributed by atoms with E-state index in [-0.39, 0.29) is 6.42 Å². The molecule has 0 aromatic heterocycles. The van der Waals surface area contributed by atoms with E-state index >= 15 is 0 Å². The van der Waals surface area contributed by atoms with Crippen molar-refractivity contribution in [2.45, 2.75) is 24.2 Å². The Balaban J connectivity index is 2.26. The lowest BCUT2D eigenvalue weighted by Crippen LogP contribution is -1.92. The number of para-hydroxylation sites is 1. The SMILES string of the molecule is COc1ccccc1SCCCCC(=O)N=O. The third kappa shape index (κ3) is 4.99. The largest absolute Gasteiger partial charge is 0.496 e. The van der Waals surface area contributed by atoms with Crippen molar-refractivity contribution in [3.05, 3.63) is 29.2 Å². The first-order valence-electron chi connectivity index (χ1n) is 5.40. The molecule has 0 unspecified atom stereocenters. The molecule has 0 aliphatic heterocycles. The summed E-state index contributed by atoms with van der Waals surface area (Å²) in [4.78, 5) is 21.6. The van der Waals surface area contributed by atoms with Crippen molar-refractivity contribution in [1.29, 1.82) is 0 Å². The first-order chi connectivity index (χ1) is 8.27. The van der Waals surface area contributed by atoms with E-state index in [0.29, 0.717) is 6.42 Å². The molecular formula is C12H15NO3S. The lowest BCUT2D eigenvalue weighted by atomic mass is 10.2. The number of thioether (sulfide) groups is 1. The molecule has 92 valence electrons. The van der Waals surface area contributed by atoms with Crippen molar-refractivity contribution >= 4 is 17.7 Å². The van der Waals surface area contributed by atoms with E-state index in [1.165, 1.54) is 0 Å². The summed E-state index contributed by atoms with van der Waals surface area (Å²) in [5, 5.41) is 2.36. The zero-order chi connectivity index (χ0) is 12.5. The van der Waals surface area contributed by atoms with Crippen LogP contribution in [0.5, 0.6) is 5.75 Å². The van der Waals surface area contributed by atoms with Gasteiger partial charge < -0.3 is 4.74 Å². The van der Waals surface area contributed by atoms with Gasteiger partial charge in [0.05, 0.1) is 7.11 Å². The molecule has 0 heterocycles. The third-order valence-corrected chi connectivity index (χ3v) is 3.35. The van der Waals surface area contributed by atoms with E-state index in [1.807, 2.05) is 24.3 Å². The number of rotatable bonds is 7. The third-order valence-electron chi connectivity index (χ3n) is 2.21. The molecular weight excluding hydrogens is 238 g/mol. The van der Waals surface area contributed by atoms with E-state index in [9.17, 15) is 9.70 Å². The highest BCUT2D eigenvalue weighted by atomic mass is 32.2. The Bertz CT molecular complexity index is 382. The average molecular weight is 253 g/mol. The van der Waals surface area contributed by atoms with Gasteiger partial charge in [-0.2, -0.15) is 0 Å². The Hall–Kier alpha value is -1.36. The minimum Gasteiger partial charge on any atom is -0.496 e. The van der Waals surface area contributed by atoms with Crippen LogP contribution in [0.2, 0.25) is 0 Å². The van der Waals surface area contributed by atoms with Gasteiger partial charge in [-0.15, -0.1) is 16.7 Å². The fourth-order valence-corrected chi connectivity index (χ4v) is 2.38. The number of ether oxygens (including phenoxy) is 1. The highest BCUT2D eigenvalue weighted by Crippen LogP contribution is 2.29. The fourth-order valence-electron chi connectivity index (χ4n) is 1.34. The van der Waals surface area contributed by atoms with Crippen LogP contribution in [0, 0.1) is 4.91 Å². The van der Waals surface area contributed by atoms with Gasteiger partial charge in [-0.3, -0.25) is 4.79 Å². The van der Waals surface area contributed by atoms with Gasteiger partial charge in [-0.05, 0) is 30.7 Å². The molecule has 0 saturated carbocycles. The van der Waals surface area contributed by atoms with E-state index in [1.54, 1.807) is 18.9 Å². The number of hydrogen-bond donors (Lipinski definition) is 0. The molecule has 0 radical (unpaired) electrons. The van der Waals surface area contributed by atoms with Crippen molar-refractivity contribution in [3.8, 4) is 5.75 Å². The van der Waals surface area contributed by atoms with Gasteiger partial charge in [0.25, 0.3) is 5.91 Å². The van der Waals surface area contributed by atoms with E-state index in [4.69, 9.17) is 4.74 Å². The fraction of sp³-hybridized carbons (Fsp3) is 0.417. The molecule has 1 aromatic rings. The Kier molecular flexibility index (Phi) is 6.32. The molecule has 4 nitrogen and oxygen atoms in total. The summed E-state index contributed by atoms with van der Waals surface area (Å²) >= 11 is 1.69. The maximum absolute atomic E-state index is 10.6. The molecule has 17 heavy (non-hydrogen) atoms. The molecule has 1 rings (SSSR count). The smallest absolute Gasteiger partial charge is 0.286 e. The maximum Gasteiger partial charge on any atom is 0.286 e. The predicted octanol–water partition coefficient (Wildman–Crippen LogP) is 3.25. The topological polar surface area (TPSA) is 55.7 Å². The van der Waals surface area contributed by atoms with Gasteiger partial charge >= 0.3 is 0 Å². The molecule has 0 N–H and O–H groups in total. The van der Waals surface area contributed by atoms with E-state index < -0.39 is 5.91 Å². The van der Waals surface area contributed by atoms with Crippen LogP contribution in [0.15, 0.2) is 34.3 Å². The second-order valence-corrected chi connectivity index (χ2v) is 4.58. The average Bonchev–Trinajstić information content (AvgIpc) is 2.38. The van der Waals surface area contributed by atoms with Crippen LogP contribution in [-0.4, -0.2) is 18.8 Å². The summed E-state index contributed by atoms with van der Waals surface area (Å²) in [6.45, 7) is 0. The number of methoxy groups -OCH3 is 1. The molecule has 0 spiro atoms. The molecule has 0 aliphatic carbocycles. The highest BCUT2D eigenvalue weighted by Gasteiger charge is 2.03. The van der Waals surface area contributed by atoms with Crippen molar-refractivity contribution < 1.29 is 9.53 Å². The van der Waals surface area contributed by atoms with Gasteiger partial charge in [0, 0.05) is 16.5 Å². The number of nitroso groups, excluding NO2 is 1. The number of benzene rings is 1. The van der Waals surface area contributed by atoms with Crippen LogP contribution in [0.3, 0.4) is 0 Å². The number of amides is 1. The van der Waals surface area contributed by atoms with Crippen LogP contribution < -0.4 is 4.74 Å². The van der Waals surface area contributed by atoms with Crippen LogP contribution in [0.4, 0.5) is 0 Å². The summed E-state index contributed by atoms with van der Waals surface area (Å²) < 4.78 is 5.23. The number of carbonyl (C=O) groups is 1. The second kappa shape index (κ2) is 7.84. The van der Waals surface area contributed by atoms with Gasteiger partial charge in [0.15, 0.2) is 0 Å². The van der Waals surface area contributed by atoms with Crippen LogP contribution in [0.1, 0.15) is 19.3 Å². The Labute approximate surface area is 105 Å². The van der Waals surface area contributed by atoms with Crippen molar-refractivity contribution in [2.75, 3.05) is 12.9 Å². The maximum atomic E-state index is 10.6. The van der Waals surface area contributed by atoms with Crippen molar-refractivity contribution in [3.63, 3.8) is 0 Å². The summed E-state index contributed by atoms with van der Waals surface area (Å²) in [5.41, 5.74) is 0. The second-order valence-electron chi connectivity index (χ2n) is 3.44. The Morgan fingerprint density at radius 1 is 1.35 bits per heavy atom. The van der Waals surface area contributed by atoms with Gasteiger partial charge in [-0.1, -0.05) is 12.1 Å². The minimum atomic E-state index is -0.563. The molecule has 0 aliphatic rings. The normalized spacial score (nSPS) is 9.94. The molecule has 0 atom stereocenters. The lowest BCUT2D eigenvalue weighted by Gasteiger charge is -2.06. The van der Waals surface area contributed by atoms with Crippen LogP contribution in [0.25, 0.3) is 0 Å². The lowest BCUT2D eigenvalue weighted by molar-refractivity contribution is -0.118. The predicted molar refractivity (Wildman–Crippen MR) is 68.4 cm³/mol. The number of hydrogen-bond acceptors (Lipinski definition) is 4. The monoisotopic (exact) mass is 253 g/mol. The molecule has 5 heteroatoms. The molecule has 1 amide bonds. The number of unbranched alkanes of at least 4 members (excludes halogenated alkanes) is 1. The minimum absolute atomic E-state index is 0.246. The van der Waals surface area contributed by atoms with Crippen LogP contribution >= 0.6 is 11.8 Å². The van der Waals surface area contributed by atoms with Crippen LogP contribution in [-0.2, 0) is 4.79 Å². The van der Waals surface area contributed by atoms with Crippen molar-refractivity contribution in [1.82, 2.24) is 0 Å². The van der Waals surface area contributed by atoms with Gasteiger partial charge in [0.1, 0.15) is 5.75 Å². The van der Waals surface area contributed by atoms with E-state index in [2.05, 4.69) is 5.18 Å². The zero-order valence-electron chi connectivity index (χ0n) is 9.72. The summed E-state index contributed by atoms with van der Waals surface area (Å²) in [6, 6.07) is 7.81. The quantitative estimate of drug-likeness (QED) is 0.425. The first kappa shape index (κ1) is 13.7. The summed E-state index contributed by atoms with van der Waals surface area (Å²) in [5.74, 6) is 1.20.